The van der Waals surface area contributed by atoms with Crippen molar-refractivity contribution in [1.82, 2.24) is 5.32 Å². The average Bonchev–Trinajstić information content (AvgIpc) is 2.44. The molecule has 0 heterocycles. The molecular weight excluding hydrogens is 290 g/mol. The summed E-state index contributed by atoms with van der Waals surface area (Å²) in [5, 5.41) is 22.1. The molecule has 0 aliphatic heterocycles. The van der Waals surface area contributed by atoms with Crippen LogP contribution in [0.5, 0.6) is 0 Å². The lowest BCUT2D eigenvalue weighted by atomic mass is 9.80. The first-order chi connectivity index (χ1) is 9.93. The number of carbonyl (C=O) groups is 1. The molecule has 0 spiro atoms. The third kappa shape index (κ3) is 5.77. The fourth-order valence-electron chi connectivity index (χ4n) is 2.86. The van der Waals surface area contributed by atoms with Crippen molar-refractivity contribution in [2.24, 2.45) is 0 Å². The molecule has 0 aromatic carbocycles. The van der Waals surface area contributed by atoms with Crippen LogP contribution in [0, 0.1) is 0 Å². The van der Waals surface area contributed by atoms with Crippen LogP contribution in [0.15, 0.2) is 0 Å². The van der Waals surface area contributed by atoms with E-state index in [1.54, 1.807) is 11.8 Å². The number of esters is 1. The fourth-order valence-corrected chi connectivity index (χ4v) is 4.20. The van der Waals surface area contributed by atoms with E-state index in [0.29, 0.717) is 24.0 Å². The molecule has 1 saturated carbocycles. The highest BCUT2D eigenvalue weighted by atomic mass is 32.2. The van der Waals surface area contributed by atoms with E-state index >= 15 is 0 Å². The molecule has 124 valence electrons. The van der Waals surface area contributed by atoms with E-state index in [2.05, 4.69) is 5.32 Å². The zero-order valence-corrected chi connectivity index (χ0v) is 14.1. The molecular formula is C15H29NO4S. The molecule has 0 radical (unpaired) electrons. The average molecular weight is 319 g/mol. The van der Waals surface area contributed by atoms with Gasteiger partial charge in [0.15, 0.2) is 0 Å². The molecule has 3 N–H and O–H groups in total. The summed E-state index contributed by atoms with van der Waals surface area (Å²) in [5.41, 5.74) is -0.607. The summed E-state index contributed by atoms with van der Waals surface area (Å²) in [6.45, 7) is 6.07. The Morgan fingerprint density at radius 3 is 2.81 bits per heavy atom. The number of ether oxygens (including phenoxy) is 1. The Kier molecular flexibility index (Phi) is 8.02. The highest BCUT2D eigenvalue weighted by Gasteiger charge is 2.44. The maximum Gasteiger partial charge on any atom is 0.326 e. The molecule has 6 heteroatoms. The minimum Gasteiger partial charge on any atom is -0.465 e. The Morgan fingerprint density at radius 1 is 1.52 bits per heavy atom. The first-order valence-corrected chi connectivity index (χ1v) is 8.84. The van der Waals surface area contributed by atoms with Gasteiger partial charge in [0.1, 0.15) is 5.54 Å². The molecule has 5 nitrogen and oxygen atoms in total. The van der Waals surface area contributed by atoms with Gasteiger partial charge in [-0.15, -0.1) is 0 Å². The van der Waals surface area contributed by atoms with Crippen LogP contribution in [0.3, 0.4) is 0 Å². The van der Waals surface area contributed by atoms with Crippen LogP contribution in [-0.2, 0) is 9.53 Å². The summed E-state index contributed by atoms with van der Waals surface area (Å²) in [4.78, 5) is 12.4. The molecule has 3 unspecified atom stereocenters. The third-order valence-corrected chi connectivity index (χ3v) is 5.12. The molecule has 1 aliphatic rings. The van der Waals surface area contributed by atoms with Crippen LogP contribution >= 0.6 is 11.8 Å². The van der Waals surface area contributed by atoms with Crippen molar-refractivity contribution in [3.8, 4) is 0 Å². The van der Waals surface area contributed by atoms with Crippen molar-refractivity contribution < 1.29 is 19.7 Å². The highest BCUT2D eigenvalue weighted by molar-refractivity contribution is 7.99. The van der Waals surface area contributed by atoms with Gasteiger partial charge >= 0.3 is 5.97 Å². The number of aliphatic hydroxyl groups excluding tert-OH is 2. The van der Waals surface area contributed by atoms with Gasteiger partial charge in [0.2, 0.25) is 0 Å². The SMILES string of the molecule is CCOC(=O)C1(NC(C)C)CCCC(SCC(O)CO)C1. The van der Waals surface area contributed by atoms with Gasteiger partial charge in [-0.05, 0) is 46.5 Å². The van der Waals surface area contributed by atoms with Crippen LogP contribution < -0.4 is 5.32 Å². The molecule has 1 rings (SSSR count). The first kappa shape index (κ1) is 18.7. The van der Waals surface area contributed by atoms with Crippen molar-refractivity contribution in [3.63, 3.8) is 0 Å². The second-order valence-corrected chi connectivity index (χ2v) is 7.32. The number of thioether (sulfide) groups is 1. The summed E-state index contributed by atoms with van der Waals surface area (Å²) < 4.78 is 5.28. The maximum absolute atomic E-state index is 12.4. The molecule has 0 bridgehead atoms. The van der Waals surface area contributed by atoms with Crippen LogP contribution in [0.25, 0.3) is 0 Å². The zero-order valence-electron chi connectivity index (χ0n) is 13.3. The second-order valence-electron chi connectivity index (χ2n) is 5.99. The lowest BCUT2D eigenvalue weighted by Gasteiger charge is -2.40. The number of hydrogen-bond donors (Lipinski definition) is 3. The largest absolute Gasteiger partial charge is 0.465 e. The Labute approximate surface area is 131 Å². The quantitative estimate of drug-likeness (QED) is 0.586. The monoisotopic (exact) mass is 319 g/mol. The molecule has 3 atom stereocenters. The summed E-state index contributed by atoms with van der Waals surface area (Å²) in [5.74, 6) is 0.341. The number of aliphatic hydroxyl groups is 2. The Balaban J connectivity index is 2.70. The Morgan fingerprint density at radius 2 is 2.24 bits per heavy atom. The van der Waals surface area contributed by atoms with Gasteiger partial charge in [-0.3, -0.25) is 10.1 Å². The Hall–Kier alpha value is -0.300. The van der Waals surface area contributed by atoms with Crippen LogP contribution in [0.1, 0.15) is 46.5 Å². The molecule has 0 aromatic heterocycles. The minimum atomic E-state index is -0.688. The number of nitrogens with one attached hydrogen (secondary N) is 1. The van der Waals surface area contributed by atoms with Gasteiger partial charge in [-0.1, -0.05) is 0 Å². The van der Waals surface area contributed by atoms with Crippen LogP contribution in [0.2, 0.25) is 0 Å². The third-order valence-electron chi connectivity index (χ3n) is 3.67. The lowest BCUT2D eigenvalue weighted by molar-refractivity contribution is -0.153. The summed E-state index contributed by atoms with van der Waals surface area (Å²) in [6.07, 6.45) is 2.82. The normalized spacial score (nSPS) is 27.6. The number of rotatable bonds is 8. The van der Waals surface area contributed by atoms with Gasteiger partial charge < -0.3 is 14.9 Å². The van der Waals surface area contributed by atoms with Gasteiger partial charge in [-0.2, -0.15) is 11.8 Å². The van der Waals surface area contributed by atoms with Crippen LogP contribution in [-0.4, -0.2) is 58.1 Å². The first-order valence-electron chi connectivity index (χ1n) is 7.79. The van der Waals surface area contributed by atoms with Gasteiger partial charge in [-0.25, -0.2) is 0 Å². The van der Waals surface area contributed by atoms with Gasteiger partial charge in [0, 0.05) is 17.0 Å². The van der Waals surface area contributed by atoms with E-state index in [1.807, 2.05) is 20.8 Å². The van der Waals surface area contributed by atoms with Gasteiger partial charge in [0.25, 0.3) is 0 Å². The molecule has 0 amide bonds. The topological polar surface area (TPSA) is 78.8 Å². The smallest absolute Gasteiger partial charge is 0.326 e. The highest BCUT2D eigenvalue weighted by Crippen LogP contribution is 2.36. The summed E-state index contributed by atoms with van der Waals surface area (Å²) in [6, 6.07) is 0.209. The van der Waals surface area contributed by atoms with E-state index < -0.39 is 11.6 Å². The van der Waals surface area contributed by atoms with E-state index in [9.17, 15) is 9.90 Å². The van der Waals surface area contributed by atoms with Crippen molar-refractivity contribution >= 4 is 17.7 Å². The Bertz CT molecular complexity index is 327. The van der Waals surface area contributed by atoms with Crippen molar-refractivity contribution in [2.45, 2.75) is 69.4 Å². The van der Waals surface area contributed by atoms with Crippen molar-refractivity contribution in [3.05, 3.63) is 0 Å². The molecule has 0 aromatic rings. The lowest BCUT2D eigenvalue weighted by Crippen LogP contribution is -2.58. The molecule has 21 heavy (non-hydrogen) atoms. The number of carbonyl (C=O) groups excluding carboxylic acids is 1. The van der Waals surface area contributed by atoms with Crippen LogP contribution in [0.4, 0.5) is 0 Å². The van der Waals surface area contributed by atoms with Crippen molar-refractivity contribution in [1.29, 1.82) is 0 Å². The maximum atomic E-state index is 12.4. The van der Waals surface area contributed by atoms with E-state index in [1.165, 1.54) is 0 Å². The standard InChI is InChI=1S/C15H29NO4S/c1-4-20-14(19)15(16-11(2)3)7-5-6-13(8-15)21-10-12(18)9-17/h11-13,16-18H,4-10H2,1-3H3. The van der Waals surface area contributed by atoms with Crippen molar-refractivity contribution in [2.75, 3.05) is 19.0 Å². The molecule has 0 saturated heterocycles. The molecule has 1 fully saturated rings. The van der Waals surface area contributed by atoms with E-state index in [-0.39, 0.29) is 18.6 Å². The fraction of sp³-hybridized carbons (Fsp3) is 0.933. The predicted molar refractivity (Wildman–Crippen MR) is 85.4 cm³/mol. The minimum absolute atomic E-state index is 0.160. The van der Waals surface area contributed by atoms with E-state index in [0.717, 1.165) is 19.3 Å². The zero-order chi connectivity index (χ0) is 15.9. The summed E-state index contributed by atoms with van der Waals surface area (Å²) >= 11 is 1.64. The van der Waals surface area contributed by atoms with Gasteiger partial charge in [0.05, 0.1) is 19.3 Å². The second kappa shape index (κ2) is 8.98. The summed E-state index contributed by atoms with van der Waals surface area (Å²) in [7, 11) is 0. The predicted octanol–water partition coefficient (Wildman–Crippen LogP) is 1.32. The number of hydrogen-bond acceptors (Lipinski definition) is 6. The van der Waals surface area contributed by atoms with E-state index in [4.69, 9.17) is 9.84 Å². The molecule has 1 aliphatic carbocycles.